The second kappa shape index (κ2) is 4.80. The van der Waals surface area contributed by atoms with Gasteiger partial charge in [0.2, 0.25) is 0 Å². The van der Waals surface area contributed by atoms with E-state index < -0.39 is 11.6 Å². The van der Waals surface area contributed by atoms with E-state index in [2.05, 4.69) is 11.2 Å². The Morgan fingerprint density at radius 2 is 2.32 bits per heavy atom. The van der Waals surface area contributed by atoms with Crippen LogP contribution in [0.15, 0.2) is 0 Å². The van der Waals surface area contributed by atoms with E-state index in [0.717, 1.165) is 0 Å². The minimum absolute atomic E-state index is 0.0617. The second-order valence-electron chi connectivity index (χ2n) is 5.37. The molecule has 1 aromatic rings. The molecule has 1 aromatic heterocycles. The first-order valence-corrected chi connectivity index (χ1v) is 6.24. The number of hydrogen-bond donors (Lipinski definition) is 2. The van der Waals surface area contributed by atoms with Crippen LogP contribution in [0.1, 0.15) is 30.3 Å². The number of rotatable bonds is 2. The maximum Gasteiger partial charge on any atom is 0.269 e. The Hall–Kier alpha value is -1.63. The number of nitrogens with two attached hydrogens (primary N) is 2. The first-order chi connectivity index (χ1) is 8.78. The van der Waals surface area contributed by atoms with E-state index in [-0.39, 0.29) is 18.3 Å². The molecule has 1 radical (unpaired) electrons. The highest BCUT2D eigenvalue weighted by atomic mass is 19.1. The van der Waals surface area contributed by atoms with Crippen molar-refractivity contribution in [3.63, 3.8) is 0 Å². The highest BCUT2D eigenvalue weighted by Crippen LogP contribution is 2.27. The summed E-state index contributed by atoms with van der Waals surface area (Å²) in [6.45, 7) is 2.35. The summed E-state index contributed by atoms with van der Waals surface area (Å²) >= 11 is 0. The van der Waals surface area contributed by atoms with Gasteiger partial charge in [-0.2, -0.15) is 5.10 Å². The van der Waals surface area contributed by atoms with Crippen LogP contribution in [0.5, 0.6) is 0 Å². The third-order valence-corrected chi connectivity index (χ3v) is 3.30. The standard InChI is InChI=1S/C12H19FN5O/c1-12(13)6-8(14)3-4-18(7-12)10-5-9(11(15)19)16-17(10)2/h8H,3-4,6-7,14H2,1-2H3,(H2,15,19). The lowest BCUT2D eigenvalue weighted by Crippen LogP contribution is -2.37. The first-order valence-electron chi connectivity index (χ1n) is 6.24. The summed E-state index contributed by atoms with van der Waals surface area (Å²) in [5.41, 5.74) is 9.73. The zero-order chi connectivity index (χ0) is 14.2. The summed E-state index contributed by atoms with van der Waals surface area (Å²) in [6, 6.07) is 2.66. The number of carbonyl (C=O) groups is 1. The molecule has 1 amide bonds. The van der Waals surface area contributed by atoms with Crippen LogP contribution >= 0.6 is 0 Å². The van der Waals surface area contributed by atoms with Crippen LogP contribution in [0.4, 0.5) is 10.2 Å². The number of carbonyl (C=O) groups excluding carboxylic acids is 1. The van der Waals surface area contributed by atoms with Crippen molar-refractivity contribution >= 4 is 11.7 Å². The molecule has 0 aliphatic carbocycles. The molecule has 1 saturated heterocycles. The van der Waals surface area contributed by atoms with Crippen LogP contribution in [-0.2, 0) is 7.05 Å². The minimum atomic E-state index is -1.37. The molecule has 0 bridgehead atoms. The van der Waals surface area contributed by atoms with Gasteiger partial charge in [0.05, 0.1) is 12.6 Å². The van der Waals surface area contributed by atoms with Crippen LogP contribution < -0.4 is 16.4 Å². The van der Waals surface area contributed by atoms with Crippen molar-refractivity contribution in [2.75, 3.05) is 18.0 Å². The minimum Gasteiger partial charge on any atom is -0.364 e. The average Bonchev–Trinajstić information content (AvgIpc) is 2.59. The average molecular weight is 268 g/mol. The molecule has 1 aliphatic rings. The number of alkyl halides is 1. The normalized spacial score (nSPS) is 28.2. The number of nitrogens with zero attached hydrogens (tertiary/aromatic N) is 3. The number of primary amides is 1. The Bertz CT molecular complexity index is 484. The molecule has 0 saturated carbocycles. The monoisotopic (exact) mass is 268 g/mol. The van der Waals surface area contributed by atoms with E-state index >= 15 is 0 Å². The molecule has 1 aliphatic heterocycles. The molecule has 7 heteroatoms. The smallest absolute Gasteiger partial charge is 0.269 e. The maximum atomic E-state index is 14.4. The topological polar surface area (TPSA) is 90.2 Å². The Morgan fingerprint density at radius 1 is 1.63 bits per heavy atom. The van der Waals surface area contributed by atoms with Crippen molar-refractivity contribution in [3.8, 4) is 0 Å². The lowest BCUT2D eigenvalue weighted by atomic mass is 9.99. The fourth-order valence-electron chi connectivity index (χ4n) is 2.50. The number of amides is 1. The van der Waals surface area contributed by atoms with E-state index in [0.29, 0.717) is 25.2 Å². The van der Waals surface area contributed by atoms with Gasteiger partial charge in [-0.1, -0.05) is 0 Å². The van der Waals surface area contributed by atoms with Gasteiger partial charge in [-0.3, -0.25) is 9.48 Å². The van der Waals surface area contributed by atoms with Gasteiger partial charge >= 0.3 is 0 Å². The molecule has 6 nitrogen and oxygen atoms in total. The highest BCUT2D eigenvalue weighted by molar-refractivity contribution is 5.91. The van der Waals surface area contributed by atoms with Crippen LogP contribution in [0.3, 0.4) is 0 Å². The van der Waals surface area contributed by atoms with Crippen LogP contribution in [0, 0.1) is 6.07 Å². The van der Waals surface area contributed by atoms with Crippen LogP contribution in [0.25, 0.3) is 0 Å². The third kappa shape index (κ3) is 3.04. The predicted octanol–water partition coefficient (Wildman–Crippen LogP) is -0.0251. The van der Waals surface area contributed by atoms with Crippen molar-refractivity contribution in [2.45, 2.75) is 31.5 Å². The fraction of sp³-hybridized carbons (Fsp3) is 0.667. The molecule has 2 atom stereocenters. The zero-order valence-corrected chi connectivity index (χ0v) is 11.2. The van der Waals surface area contributed by atoms with Gasteiger partial charge in [0.25, 0.3) is 5.91 Å². The predicted molar refractivity (Wildman–Crippen MR) is 69.5 cm³/mol. The number of hydrogen-bond acceptors (Lipinski definition) is 4. The summed E-state index contributed by atoms with van der Waals surface area (Å²) in [5.74, 6) is -0.0804. The Labute approximate surface area is 111 Å². The largest absolute Gasteiger partial charge is 0.364 e. The summed E-state index contributed by atoms with van der Waals surface area (Å²) in [5, 5.41) is 3.97. The highest BCUT2D eigenvalue weighted by Gasteiger charge is 2.33. The molecular weight excluding hydrogens is 249 g/mol. The first kappa shape index (κ1) is 13.8. The lowest BCUT2D eigenvalue weighted by Gasteiger charge is -2.27. The molecule has 105 valence electrons. The number of aryl methyl sites for hydroxylation is 1. The molecule has 0 aromatic carbocycles. The van der Waals surface area contributed by atoms with Crippen LogP contribution in [0.2, 0.25) is 0 Å². The van der Waals surface area contributed by atoms with E-state index in [1.165, 1.54) is 11.6 Å². The van der Waals surface area contributed by atoms with Crippen molar-refractivity contribution in [1.29, 1.82) is 0 Å². The Kier molecular flexibility index (Phi) is 3.49. The molecule has 2 unspecified atom stereocenters. The molecular formula is C12H19FN5O. The molecule has 4 N–H and O–H groups in total. The van der Waals surface area contributed by atoms with Crippen molar-refractivity contribution < 1.29 is 9.18 Å². The van der Waals surface area contributed by atoms with Crippen molar-refractivity contribution in [1.82, 2.24) is 9.78 Å². The summed E-state index contributed by atoms with van der Waals surface area (Å²) in [4.78, 5) is 12.9. The second-order valence-corrected chi connectivity index (χ2v) is 5.37. The molecule has 1 fully saturated rings. The third-order valence-electron chi connectivity index (χ3n) is 3.30. The Balaban J connectivity index is 2.27. The summed E-state index contributed by atoms with van der Waals surface area (Å²) in [6.07, 6.45) is 1.01. The van der Waals surface area contributed by atoms with Gasteiger partial charge in [0.1, 0.15) is 11.5 Å². The summed E-state index contributed by atoms with van der Waals surface area (Å²) < 4.78 is 15.9. The van der Waals surface area contributed by atoms with Gasteiger partial charge in [-0.05, 0) is 19.8 Å². The lowest BCUT2D eigenvalue weighted by molar-refractivity contribution is 0.0994. The Morgan fingerprint density at radius 3 is 2.89 bits per heavy atom. The van der Waals surface area contributed by atoms with E-state index in [4.69, 9.17) is 11.5 Å². The molecule has 0 spiro atoms. The fourth-order valence-corrected chi connectivity index (χ4v) is 2.50. The van der Waals surface area contributed by atoms with Crippen molar-refractivity contribution in [3.05, 3.63) is 11.8 Å². The molecule has 2 rings (SSSR count). The number of aromatic nitrogens is 2. The van der Waals surface area contributed by atoms with E-state index in [9.17, 15) is 9.18 Å². The van der Waals surface area contributed by atoms with E-state index in [1.807, 2.05) is 4.90 Å². The van der Waals surface area contributed by atoms with Gasteiger partial charge in [-0.25, -0.2) is 4.39 Å². The van der Waals surface area contributed by atoms with E-state index in [1.54, 1.807) is 7.05 Å². The van der Waals surface area contributed by atoms with Crippen LogP contribution in [-0.4, -0.2) is 40.5 Å². The van der Waals surface area contributed by atoms with Gasteiger partial charge < -0.3 is 16.4 Å². The molecule has 19 heavy (non-hydrogen) atoms. The molecule has 2 heterocycles. The zero-order valence-electron chi connectivity index (χ0n) is 11.2. The van der Waals surface area contributed by atoms with Gasteiger partial charge in [-0.15, -0.1) is 0 Å². The van der Waals surface area contributed by atoms with Gasteiger partial charge in [0.15, 0.2) is 5.69 Å². The number of anilines is 1. The van der Waals surface area contributed by atoms with Gasteiger partial charge in [0, 0.05) is 19.6 Å². The maximum absolute atomic E-state index is 14.4. The number of halogens is 1. The summed E-state index contributed by atoms with van der Waals surface area (Å²) in [7, 11) is 1.68. The SMILES string of the molecule is Cn1nc(C(N)=O)[c]c1N1CCC(N)CC(C)(F)C1. The quantitative estimate of drug-likeness (QED) is 0.788. The van der Waals surface area contributed by atoms with Crippen molar-refractivity contribution in [2.24, 2.45) is 18.5 Å².